The van der Waals surface area contributed by atoms with Crippen molar-refractivity contribution in [1.29, 1.82) is 0 Å². The average Bonchev–Trinajstić information content (AvgIpc) is 1.97. The van der Waals surface area contributed by atoms with Gasteiger partial charge in [-0.3, -0.25) is 0 Å². The molecule has 0 spiro atoms. The Labute approximate surface area is 75.9 Å². The lowest BCUT2D eigenvalue weighted by Crippen LogP contribution is -2.01. The Morgan fingerprint density at radius 3 is 2.42 bits per heavy atom. The number of hydrogen-bond acceptors (Lipinski definition) is 1. The molecule has 0 bridgehead atoms. The topological polar surface area (TPSA) is 37.3 Å². The Balaban J connectivity index is 3.32. The molecule has 1 N–H and O–H groups in total. The molecule has 0 aliphatic rings. The lowest BCUT2D eigenvalue weighted by Gasteiger charge is -2.02. The zero-order valence-corrected chi connectivity index (χ0v) is 9.12. The first-order chi connectivity index (χ1) is 5.54. The van der Waals surface area contributed by atoms with E-state index >= 15 is 0 Å². The van der Waals surface area contributed by atoms with Crippen LogP contribution < -0.4 is 0 Å². The van der Waals surface area contributed by atoms with Gasteiger partial charge in [0, 0.05) is 14.4 Å². The first kappa shape index (κ1) is 11.4. The highest BCUT2D eigenvalue weighted by atomic mass is 28.3. The molecule has 0 heterocycles. The van der Waals surface area contributed by atoms with E-state index in [1.54, 1.807) is 0 Å². The quantitative estimate of drug-likeness (QED) is 0.392. The van der Waals surface area contributed by atoms with Gasteiger partial charge in [-0.1, -0.05) is 32.1 Å². The summed E-state index contributed by atoms with van der Waals surface area (Å²) in [6.45, 7) is 8.11. The minimum absolute atomic E-state index is 0.348. The Bertz CT molecular complexity index is 164. The molecule has 2 nitrogen and oxygen atoms in total. The van der Waals surface area contributed by atoms with E-state index < -0.39 is 14.8 Å². The van der Waals surface area contributed by atoms with E-state index in [-0.39, 0.29) is 0 Å². The zero-order valence-electron chi connectivity index (χ0n) is 7.97. The lowest BCUT2D eigenvalue weighted by molar-refractivity contribution is -0.132. The smallest absolute Gasteiger partial charge is 0.330 e. The summed E-state index contributed by atoms with van der Waals surface area (Å²) in [5.74, 6) is -0.850. The summed E-state index contributed by atoms with van der Waals surface area (Å²) in [6.07, 6.45) is 2.79. The Kier molecular flexibility index (Phi) is 5.71. The Morgan fingerprint density at radius 2 is 2.00 bits per heavy atom. The van der Waals surface area contributed by atoms with Gasteiger partial charge in [-0.25, -0.2) is 4.79 Å². The number of carbonyl (C=O) groups is 1. The molecule has 0 unspecified atom stereocenters. The van der Waals surface area contributed by atoms with Crippen LogP contribution in [0.5, 0.6) is 0 Å². The van der Waals surface area contributed by atoms with E-state index in [9.17, 15) is 4.79 Å². The first-order valence-electron chi connectivity index (χ1n) is 4.45. The fraction of sp³-hybridized carbons (Fsp3) is 0.667. The highest BCUT2D eigenvalue weighted by molar-refractivity contribution is 6.55. The van der Waals surface area contributed by atoms with Crippen LogP contribution in [0, 0.1) is 0 Å². The standard InChI is InChI=1S/C9H18O2Si/c1-8(9(10)11)6-4-5-7-12(2)3/h12H,1,4-7H2,2-3H3,(H,10,11). The average molecular weight is 186 g/mol. The maximum absolute atomic E-state index is 10.3. The Hall–Kier alpha value is -0.573. The van der Waals surface area contributed by atoms with E-state index in [1.807, 2.05) is 0 Å². The monoisotopic (exact) mass is 186 g/mol. The first-order valence-corrected chi connectivity index (χ1v) is 7.57. The summed E-state index contributed by atoms with van der Waals surface area (Å²) in [4.78, 5) is 10.3. The van der Waals surface area contributed by atoms with Gasteiger partial charge in [-0.2, -0.15) is 0 Å². The number of aliphatic carboxylic acids is 1. The summed E-state index contributed by atoms with van der Waals surface area (Å²) >= 11 is 0. The summed E-state index contributed by atoms with van der Waals surface area (Å²) in [7, 11) is -0.435. The molecular formula is C9H18O2Si. The fourth-order valence-electron chi connectivity index (χ4n) is 0.998. The van der Waals surface area contributed by atoms with Gasteiger partial charge in [0.15, 0.2) is 0 Å². The van der Waals surface area contributed by atoms with Crippen molar-refractivity contribution in [3.63, 3.8) is 0 Å². The molecule has 0 saturated heterocycles. The van der Waals surface area contributed by atoms with E-state index in [0.29, 0.717) is 12.0 Å². The third-order valence-electron chi connectivity index (χ3n) is 1.81. The van der Waals surface area contributed by atoms with Gasteiger partial charge in [-0.05, 0) is 12.8 Å². The van der Waals surface area contributed by atoms with Gasteiger partial charge in [0.1, 0.15) is 0 Å². The van der Waals surface area contributed by atoms with Gasteiger partial charge < -0.3 is 5.11 Å². The summed E-state index contributed by atoms with van der Waals surface area (Å²) in [5, 5.41) is 8.50. The van der Waals surface area contributed by atoms with E-state index in [1.165, 1.54) is 6.04 Å². The lowest BCUT2D eigenvalue weighted by atomic mass is 10.1. The van der Waals surface area contributed by atoms with Gasteiger partial charge in [0.05, 0.1) is 0 Å². The van der Waals surface area contributed by atoms with Gasteiger partial charge in [0.2, 0.25) is 0 Å². The van der Waals surface area contributed by atoms with Crippen molar-refractivity contribution in [2.75, 3.05) is 0 Å². The van der Waals surface area contributed by atoms with Crippen molar-refractivity contribution in [2.45, 2.75) is 38.4 Å². The number of rotatable bonds is 6. The van der Waals surface area contributed by atoms with Gasteiger partial charge >= 0.3 is 5.97 Å². The van der Waals surface area contributed by atoms with Crippen LogP contribution in [0.4, 0.5) is 0 Å². The molecule has 0 radical (unpaired) electrons. The van der Waals surface area contributed by atoms with Crippen molar-refractivity contribution >= 4 is 14.8 Å². The van der Waals surface area contributed by atoms with Crippen molar-refractivity contribution in [1.82, 2.24) is 0 Å². The van der Waals surface area contributed by atoms with Crippen molar-refractivity contribution in [3.8, 4) is 0 Å². The highest BCUT2D eigenvalue weighted by Gasteiger charge is 2.03. The minimum atomic E-state index is -0.850. The van der Waals surface area contributed by atoms with Crippen molar-refractivity contribution < 1.29 is 9.90 Å². The molecule has 0 aromatic heterocycles. The van der Waals surface area contributed by atoms with Crippen molar-refractivity contribution in [3.05, 3.63) is 12.2 Å². The van der Waals surface area contributed by atoms with Crippen LogP contribution in [-0.2, 0) is 4.79 Å². The van der Waals surface area contributed by atoms with Crippen LogP contribution in [0.2, 0.25) is 19.1 Å². The molecule has 3 heteroatoms. The Morgan fingerprint density at radius 1 is 1.42 bits per heavy atom. The van der Waals surface area contributed by atoms with Crippen LogP contribution in [0.3, 0.4) is 0 Å². The van der Waals surface area contributed by atoms with Crippen LogP contribution in [0.25, 0.3) is 0 Å². The molecule has 12 heavy (non-hydrogen) atoms. The molecular weight excluding hydrogens is 168 g/mol. The van der Waals surface area contributed by atoms with E-state index in [0.717, 1.165) is 12.8 Å². The van der Waals surface area contributed by atoms with Crippen LogP contribution in [0.15, 0.2) is 12.2 Å². The summed E-state index contributed by atoms with van der Waals surface area (Å²) in [5.41, 5.74) is 0.348. The molecule has 0 rings (SSSR count). The molecule has 0 aliphatic carbocycles. The second kappa shape index (κ2) is 6.00. The molecule has 70 valence electrons. The molecule has 0 fully saturated rings. The predicted octanol–water partition coefficient (Wildman–Crippen LogP) is 2.28. The normalized spacial score (nSPS) is 10.2. The van der Waals surface area contributed by atoms with E-state index in [2.05, 4.69) is 19.7 Å². The largest absolute Gasteiger partial charge is 0.478 e. The maximum Gasteiger partial charge on any atom is 0.330 e. The maximum atomic E-state index is 10.3. The molecule has 0 amide bonds. The molecule has 0 aromatic carbocycles. The fourth-order valence-corrected chi connectivity index (χ4v) is 2.10. The molecule has 0 saturated carbocycles. The number of unbranched alkanes of at least 4 members (excludes halogenated alkanes) is 1. The number of carboxylic acids is 1. The predicted molar refractivity (Wildman–Crippen MR) is 54.3 cm³/mol. The SMILES string of the molecule is C=C(CCCC[SiH](C)C)C(=O)O. The minimum Gasteiger partial charge on any atom is -0.478 e. The zero-order chi connectivity index (χ0) is 9.56. The molecule has 0 aromatic rings. The second-order valence-corrected chi connectivity index (χ2v) is 6.91. The van der Waals surface area contributed by atoms with Gasteiger partial charge in [-0.15, -0.1) is 0 Å². The summed E-state index contributed by atoms with van der Waals surface area (Å²) < 4.78 is 0. The second-order valence-electron chi connectivity index (χ2n) is 3.55. The van der Waals surface area contributed by atoms with E-state index in [4.69, 9.17) is 5.11 Å². The third-order valence-corrected chi connectivity index (χ3v) is 3.38. The molecule has 0 atom stereocenters. The number of hydrogen-bond donors (Lipinski definition) is 1. The van der Waals surface area contributed by atoms with Crippen LogP contribution in [-0.4, -0.2) is 19.9 Å². The van der Waals surface area contributed by atoms with Crippen LogP contribution >= 0.6 is 0 Å². The van der Waals surface area contributed by atoms with Crippen LogP contribution in [0.1, 0.15) is 19.3 Å². The van der Waals surface area contributed by atoms with Gasteiger partial charge in [0.25, 0.3) is 0 Å². The highest BCUT2D eigenvalue weighted by Crippen LogP contribution is 2.09. The number of carboxylic acid groups (broad SMARTS) is 1. The summed E-state index contributed by atoms with van der Waals surface area (Å²) in [6, 6.07) is 1.31. The van der Waals surface area contributed by atoms with Crippen molar-refractivity contribution in [2.24, 2.45) is 0 Å². The third kappa shape index (κ3) is 6.16. The molecule has 0 aliphatic heterocycles.